The number of carbonyl (C=O) groups excluding carboxylic acids is 1. The van der Waals surface area contributed by atoms with E-state index in [2.05, 4.69) is 29.2 Å². The normalized spacial score (nSPS) is 36.2. The van der Waals surface area contributed by atoms with Gasteiger partial charge in [0.15, 0.2) is 12.6 Å². The largest absolute Gasteiger partial charge is 0.323 e. The monoisotopic (exact) mass is 299 g/mol. The van der Waals surface area contributed by atoms with Crippen molar-refractivity contribution in [3.8, 4) is 0 Å². The molecule has 3 fully saturated rings. The average molecular weight is 299 g/mol. The number of carbonyl (C=O) groups is 1. The van der Waals surface area contributed by atoms with Crippen LogP contribution in [0.1, 0.15) is 42.9 Å². The maximum absolute atomic E-state index is 12.6. The summed E-state index contributed by atoms with van der Waals surface area (Å²) in [5.74, 6) is -0.391. The molecule has 22 heavy (non-hydrogen) atoms. The highest BCUT2D eigenvalue weighted by molar-refractivity contribution is 5.84. The predicted molar refractivity (Wildman–Crippen MR) is 80.1 cm³/mol. The van der Waals surface area contributed by atoms with Gasteiger partial charge in [0.1, 0.15) is 5.78 Å². The van der Waals surface area contributed by atoms with E-state index in [-0.39, 0.29) is 12.0 Å². The molecular weight excluding hydrogens is 278 g/mol. The Morgan fingerprint density at radius 1 is 1.18 bits per heavy atom. The van der Waals surface area contributed by atoms with Gasteiger partial charge in [0.05, 0.1) is 5.92 Å². The maximum atomic E-state index is 12.6. The van der Waals surface area contributed by atoms with E-state index in [0.29, 0.717) is 25.0 Å². The summed E-state index contributed by atoms with van der Waals surface area (Å²) in [4.78, 5) is 15.1. The summed E-state index contributed by atoms with van der Waals surface area (Å²) in [6.45, 7) is 1.39. The molecule has 4 aliphatic rings. The molecule has 3 unspecified atom stereocenters. The van der Waals surface area contributed by atoms with Gasteiger partial charge in [-0.05, 0) is 30.4 Å². The number of piperidine rings is 1. The number of ether oxygens (including phenoxy) is 2. The van der Waals surface area contributed by atoms with Crippen molar-refractivity contribution in [3.63, 3.8) is 0 Å². The number of Topliss-reactive ketones (excluding diaryl/α,β-unsaturated/α-hetero) is 1. The number of fused-ring (bicyclic) bond motifs is 6. The first-order valence-corrected chi connectivity index (χ1v) is 8.43. The first-order chi connectivity index (χ1) is 10.8. The van der Waals surface area contributed by atoms with Crippen LogP contribution in [0.3, 0.4) is 0 Å². The molecule has 1 aliphatic carbocycles. The predicted octanol–water partition coefficient (Wildman–Crippen LogP) is 2.43. The molecule has 3 heterocycles. The van der Waals surface area contributed by atoms with Crippen molar-refractivity contribution in [3.05, 3.63) is 35.4 Å². The minimum absolute atomic E-state index is 0.0866. The Morgan fingerprint density at radius 2 is 2.05 bits per heavy atom. The van der Waals surface area contributed by atoms with Crippen LogP contribution in [0.15, 0.2) is 24.3 Å². The molecule has 1 aromatic rings. The molecule has 3 aliphatic heterocycles. The quantitative estimate of drug-likeness (QED) is 0.737. The molecule has 4 nitrogen and oxygen atoms in total. The molecule has 0 radical (unpaired) electrons. The van der Waals surface area contributed by atoms with Gasteiger partial charge in [0, 0.05) is 31.5 Å². The van der Waals surface area contributed by atoms with E-state index in [0.717, 1.165) is 32.2 Å². The Bertz CT molecular complexity index is 625. The van der Waals surface area contributed by atoms with E-state index in [4.69, 9.17) is 9.47 Å². The topological polar surface area (TPSA) is 38.8 Å². The molecule has 5 rings (SSSR count). The van der Waals surface area contributed by atoms with Crippen LogP contribution in [-0.4, -0.2) is 35.8 Å². The van der Waals surface area contributed by atoms with E-state index < -0.39 is 5.79 Å². The Labute approximate surface area is 130 Å². The number of hydrogen-bond donors (Lipinski definition) is 0. The van der Waals surface area contributed by atoms with Gasteiger partial charge < -0.3 is 9.47 Å². The zero-order valence-corrected chi connectivity index (χ0v) is 12.7. The number of ketones is 1. The van der Waals surface area contributed by atoms with Crippen molar-refractivity contribution in [2.75, 3.05) is 13.3 Å². The van der Waals surface area contributed by atoms with Crippen LogP contribution in [0.5, 0.6) is 0 Å². The summed E-state index contributed by atoms with van der Waals surface area (Å²) in [6, 6.07) is 9.33. The summed E-state index contributed by atoms with van der Waals surface area (Å²) < 4.78 is 11.8. The number of hydrogen-bond acceptors (Lipinski definition) is 4. The van der Waals surface area contributed by atoms with E-state index >= 15 is 0 Å². The molecule has 1 aromatic carbocycles. The number of benzene rings is 1. The Hall–Kier alpha value is -1.23. The van der Waals surface area contributed by atoms with Crippen LogP contribution in [0, 0.1) is 5.92 Å². The molecule has 0 amide bonds. The minimum Gasteiger partial charge on any atom is -0.323 e. The molecule has 2 saturated heterocycles. The van der Waals surface area contributed by atoms with Gasteiger partial charge in [0.2, 0.25) is 0 Å². The second-order valence-electron chi connectivity index (χ2n) is 7.03. The van der Waals surface area contributed by atoms with Crippen molar-refractivity contribution >= 4 is 5.78 Å². The standard InChI is InChI=1S/C18H21NO3/c20-16-7-3-6-14-17(16)18(21-11-22-18)10-15-13-5-2-1-4-12(13)8-9-19(14)15/h1-2,4-5,14-15,17H,3,6-11H2. The highest BCUT2D eigenvalue weighted by Crippen LogP contribution is 2.53. The maximum Gasteiger partial charge on any atom is 0.186 e. The minimum atomic E-state index is -0.645. The van der Waals surface area contributed by atoms with Gasteiger partial charge in [-0.25, -0.2) is 0 Å². The zero-order chi connectivity index (χ0) is 14.7. The molecule has 4 heteroatoms. The van der Waals surface area contributed by atoms with Crippen molar-refractivity contribution in [2.24, 2.45) is 5.92 Å². The van der Waals surface area contributed by atoms with Crippen LogP contribution >= 0.6 is 0 Å². The fourth-order valence-electron chi connectivity index (χ4n) is 5.12. The van der Waals surface area contributed by atoms with Gasteiger partial charge in [-0.15, -0.1) is 0 Å². The smallest absolute Gasteiger partial charge is 0.186 e. The van der Waals surface area contributed by atoms with Gasteiger partial charge in [-0.1, -0.05) is 24.3 Å². The van der Waals surface area contributed by atoms with E-state index in [1.54, 1.807) is 0 Å². The molecule has 0 N–H and O–H groups in total. The second-order valence-corrected chi connectivity index (χ2v) is 7.03. The molecule has 3 atom stereocenters. The SMILES string of the molecule is O=C1CCCC2C1C1(CC3c4ccccc4CCN32)OCO1. The zero-order valence-electron chi connectivity index (χ0n) is 12.7. The fourth-order valence-corrected chi connectivity index (χ4v) is 5.12. The summed E-state index contributed by atoms with van der Waals surface area (Å²) in [5, 5.41) is 0. The summed E-state index contributed by atoms with van der Waals surface area (Å²) >= 11 is 0. The lowest BCUT2D eigenvalue weighted by atomic mass is 9.68. The van der Waals surface area contributed by atoms with Crippen molar-refractivity contribution < 1.29 is 14.3 Å². The van der Waals surface area contributed by atoms with Gasteiger partial charge in [-0.3, -0.25) is 9.69 Å². The second kappa shape index (κ2) is 4.63. The van der Waals surface area contributed by atoms with Crippen molar-refractivity contribution in [1.82, 2.24) is 4.90 Å². The van der Waals surface area contributed by atoms with E-state index in [1.807, 2.05) is 0 Å². The fraction of sp³-hybridized carbons (Fsp3) is 0.611. The molecule has 0 bridgehead atoms. The third-order valence-corrected chi connectivity index (χ3v) is 6.09. The lowest BCUT2D eigenvalue weighted by molar-refractivity contribution is -0.433. The van der Waals surface area contributed by atoms with Crippen LogP contribution in [-0.2, 0) is 20.7 Å². The molecule has 0 aromatic heterocycles. The van der Waals surface area contributed by atoms with Crippen molar-refractivity contribution in [1.29, 1.82) is 0 Å². The lowest BCUT2D eigenvalue weighted by Crippen LogP contribution is -2.68. The Morgan fingerprint density at radius 3 is 2.86 bits per heavy atom. The third kappa shape index (κ3) is 1.66. The molecule has 1 saturated carbocycles. The van der Waals surface area contributed by atoms with Crippen LogP contribution < -0.4 is 0 Å². The van der Waals surface area contributed by atoms with Crippen LogP contribution in [0.4, 0.5) is 0 Å². The van der Waals surface area contributed by atoms with Crippen LogP contribution in [0.2, 0.25) is 0 Å². The average Bonchev–Trinajstić information content (AvgIpc) is 2.52. The van der Waals surface area contributed by atoms with Gasteiger partial charge >= 0.3 is 0 Å². The third-order valence-electron chi connectivity index (χ3n) is 6.09. The molecular formula is C18H21NO3. The highest BCUT2D eigenvalue weighted by Gasteiger charge is 2.61. The van der Waals surface area contributed by atoms with Gasteiger partial charge in [0.25, 0.3) is 0 Å². The first kappa shape index (κ1) is 13.2. The lowest BCUT2D eigenvalue weighted by Gasteiger charge is -2.60. The summed E-state index contributed by atoms with van der Waals surface area (Å²) in [7, 11) is 0. The van der Waals surface area contributed by atoms with E-state index in [1.165, 1.54) is 11.1 Å². The van der Waals surface area contributed by atoms with Crippen molar-refractivity contribution in [2.45, 2.75) is 50.0 Å². The molecule has 116 valence electrons. The Kier molecular flexibility index (Phi) is 2.79. The summed E-state index contributed by atoms with van der Waals surface area (Å²) in [6.07, 6.45) is 4.64. The number of nitrogens with zero attached hydrogens (tertiary/aromatic N) is 1. The Balaban J connectivity index is 1.59. The highest BCUT2D eigenvalue weighted by atomic mass is 16.9. The van der Waals surface area contributed by atoms with Crippen LogP contribution in [0.25, 0.3) is 0 Å². The molecule has 1 spiro atoms. The van der Waals surface area contributed by atoms with E-state index in [9.17, 15) is 4.79 Å². The number of rotatable bonds is 0. The first-order valence-electron chi connectivity index (χ1n) is 8.43. The summed E-state index contributed by atoms with van der Waals surface area (Å²) in [5.41, 5.74) is 2.85. The van der Waals surface area contributed by atoms with Gasteiger partial charge in [-0.2, -0.15) is 0 Å².